The molecule has 0 spiro atoms. The lowest BCUT2D eigenvalue weighted by atomic mass is 10.0. The zero-order valence-corrected chi connectivity index (χ0v) is 16.2. The molecule has 6 nitrogen and oxygen atoms in total. The van der Waals surface area contributed by atoms with Gasteiger partial charge in [0.15, 0.2) is 6.61 Å². The van der Waals surface area contributed by atoms with Crippen LogP contribution in [0.3, 0.4) is 0 Å². The van der Waals surface area contributed by atoms with Crippen molar-refractivity contribution >= 4 is 17.7 Å². The summed E-state index contributed by atoms with van der Waals surface area (Å²) in [7, 11) is 1.41. The first-order chi connectivity index (χ1) is 13.8. The molecule has 1 amide bonds. The molecule has 0 unspecified atom stereocenters. The van der Waals surface area contributed by atoms with E-state index < -0.39 is 53.4 Å². The Kier molecular flexibility index (Phi) is 7.41. The molecule has 0 saturated carbocycles. The minimum absolute atomic E-state index is 0.237. The molecule has 2 aromatic rings. The third-order valence-electron chi connectivity index (χ3n) is 4.15. The summed E-state index contributed by atoms with van der Waals surface area (Å²) in [5.74, 6) is -4.71. The Bertz CT molecular complexity index is 893. The summed E-state index contributed by atoms with van der Waals surface area (Å²) >= 11 is 0. The molecule has 0 heterocycles. The Morgan fingerprint density at radius 2 is 1.62 bits per heavy atom. The molecule has 2 aromatic carbocycles. The van der Waals surface area contributed by atoms with Crippen LogP contribution in [0, 0.1) is 17.6 Å². The number of hydrogen-bond acceptors (Lipinski definition) is 5. The first-order valence-electron chi connectivity index (χ1n) is 8.84. The van der Waals surface area contributed by atoms with Crippen LogP contribution in [0.4, 0.5) is 8.78 Å². The Morgan fingerprint density at radius 3 is 2.21 bits per heavy atom. The first-order valence-corrected chi connectivity index (χ1v) is 8.84. The summed E-state index contributed by atoms with van der Waals surface area (Å²) in [6.45, 7) is 2.66. The maximum absolute atomic E-state index is 13.8. The number of methoxy groups -OCH3 is 1. The second-order valence-electron chi connectivity index (χ2n) is 6.52. The lowest BCUT2D eigenvalue weighted by Crippen LogP contribution is -2.46. The van der Waals surface area contributed by atoms with Crippen LogP contribution in [-0.2, 0) is 9.53 Å². The van der Waals surface area contributed by atoms with Crippen LogP contribution in [0.2, 0.25) is 0 Å². The van der Waals surface area contributed by atoms with Crippen LogP contribution in [-0.4, -0.2) is 37.4 Å². The molecule has 154 valence electrons. The molecule has 8 heteroatoms. The van der Waals surface area contributed by atoms with Crippen LogP contribution in [0.1, 0.15) is 34.6 Å². The van der Waals surface area contributed by atoms with E-state index in [1.165, 1.54) is 13.2 Å². The van der Waals surface area contributed by atoms with Gasteiger partial charge in [-0.15, -0.1) is 0 Å². The SMILES string of the molecule is COc1ccccc1C(=O)COC(=O)[C@@H](NC(=O)c1c(F)cccc1F)C(C)C. The number of Topliss-reactive ketones (excluding diaryl/α,β-unsaturated/α-hetero) is 1. The number of ether oxygens (including phenoxy) is 2. The number of benzene rings is 2. The van der Waals surface area contributed by atoms with Crippen molar-refractivity contribution in [3.05, 3.63) is 65.2 Å². The monoisotopic (exact) mass is 405 g/mol. The molecular formula is C21H21F2NO5. The zero-order chi connectivity index (χ0) is 21.6. The number of rotatable bonds is 8. The summed E-state index contributed by atoms with van der Waals surface area (Å²) in [4.78, 5) is 37.0. The van der Waals surface area contributed by atoms with Crippen molar-refractivity contribution in [1.29, 1.82) is 0 Å². The molecule has 0 aliphatic carbocycles. The summed E-state index contributed by atoms with van der Waals surface area (Å²) < 4.78 is 37.7. The van der Waals surface area contributed by atoms with Crippen LogP contribution in [0.5, 0.6) is 5.75 Å². The van der Waals surface area contributed by atoms with Gasteiger partial charge < -0.3 is 14.8 Å². The van der Waals surface area contributed by atoms with E-state index in [1.54, 1.807) is 32.0 Å². The van der Waals surface area contributed by atoms with Crippen LogP contribution >= 0.6 is 0 Å². The van der Waals surface area contributed by atoms with Gasteiger partial charge in [0.1, 0.15) is 29.0 Å². The average molecular weight is 405 g/mol. The second-order valence-corrected chi connectivity index (χ2v) is 6.52. The summed E-state index contributed by atoms with van der Waals surface area (Å²) in [5, 5.41) is 2.27. The predicted octanol–water partition coefficient (Wildman–Crippen LogP) is 3.15. The Hall–Kier alpha value is -3.29. The highest BCUT2D eigenvalue weighted by atomic mass is 19.1. The van der Waals surface area contributed by atoms with E-state index >= 15 is 0 Å². The summed E-state index contributed by atoms with van der Waals surface area (Å²) in [5.41, 5.74) is -0.558. The molecule has 0 aliphatic heterocycles. The second kappa shape index (κ2) is 9.77. The first kappa shape index (κ1) is 22.0. The zero-order valence-electron chi connectivity index (χ0n) is 16.2. The Morgan fingerprint density at radius 1 is 1.00 bits per heavy atom. The number of amides is 1. The number of para-hydroxylation sites is 1. The Balaban J connectivity index is 2.08. The maximum atomic E-state index is 13.8. The smallest absolute Gasteiger partial charge is 0.329 e. The molecule has 0 bridgehead atoms. The topological polar surface area (TPSA) is 81.7 Å². The van der Waals surface area contributed by atoms with Gasteiger partial charge in [-0.05, 0) is 30.2 Å². The lowest BCUT2D eigenvalue weighted by molar-refractivity contribution is -0.145. The van der Waals surface area contributed by atoms with Gasteiger partial charge in [0.05, 0.1) is 12.7 Å². The van der Waals surface area contributed by atoms with Gasteiger partial charge in [0.25, 0.3) is 5.91 Å². The molecule has 2 rings (SSSR count). The highest BCUT2D eigenvalue weighted by Crippen LogP contribution is 2.18. The largest absolute Gasteiger partial charge is 0.496 e. The summed E-state index contributed by atoms with van der Waals surface area (Å²) in [6, 6.07) is 8.24. The van der Waals surface area contributed by atoms with Crippen molar-refractivity contribution in [2.75, 3.05) is 13.7 Å². The fraction of sp³-hybridized carbons (Fsp3) is 0.286. The normalized spacial score (nSPS) is 11.7. The van der Waals surface area contributed by atoms with Gasteiger partial charge in [-0.2, -0.15) is 0 Å². The quantitative estimate of drug-likeness (QED) is 0.539. The van der Waals surface area contributed by atoms with Gasteiger partial charge in [-0.25, -0.2) is 13.6 Å². The molecule has 0 radical (unpaired) electrons. The van der Waals surface area contributed by atoms with Crippen LogP contribution in [0.15, 0.2) is 42.5 Å². The maximum Gasteiger partial charge on any atom is 0.329 e. The fourth-order valence-corrected chi connectivity index (χ4v) is 2.61. The number of nitrogens with one attached hydrogen (secondary N) is 1. The number of esters is 1. The van der Waals surface area contributed by atoms with E-state index in [2.05, 4.69) is 5.32 Å². The third kappa shape index (κ3) is 5.37. The van der Waals surface area contributed by atoms with E-state index in [-0.39, 0.29) is 5.56 Å². The number of hydrogen-bond donors (Lipinski definition) is 1. The number of carbonyl (C=O) groups excluding carboxylic acids is 3. The van der Waals surface area contributed by atoms with Crippen molar-refractivity contribution in [1.82, 2.24) is 5.32 Å². The van der Waals surface area contributed by atoms with Crippen molar-refractivity contribution in [3.63, 3.8) is 0 Å². The highest BCUT2D eigenvalue weighted by Gasteiger charge is 2.29. The van der Waals surface area contributed by atoms with E-state index in [0.29, 0.717) is 5.75 Å². The predicted molar refractivity (Wildman–Crippen MR) is 101 cm³/mol. The van der Waals surface area contributed by atoms with Crippen LogP contribution in [0.25, 0.3) is 0 Å². The molecule has 1 N–H and O–H groups in total. The van der Waals surface area contributed by atoms with Crippen molar-refractivity contribution in [3.8, 4) is 5.75 Å². The standard InChI is InChI=1S/C21H21F2NO5/c1-12(2)19(24-20(26)18-14(22)8-6-9-15(18)23)21(27)29-11-16(25)13-7-4-5-10-17(13)28-3/h4-10,12,19H,11H2,1-3H3,(H,24,26)/t19-/m0/s1. The van der Waals surface area contributed by atoms with E-state index in [9.17, 15) is 23.2 Å². The van der Waals surface area contributed by atoms with Gasteiger partial charge >= 0.3 is 5.97 Å². The Labute approximate surface area is 166 Å². The average Bonchev–Trinajstić information content (AvgIpc) is 2.69. The van der Waals surface area contributed by atoms with Crippen LogP contribution < -0.4 is 10.1 Å². The van der Waals surface area contributed by atoms with Gasteiger partial charge in [-0.3, -0.25) is 9.59 Å². The van der Waals surface area contributed by atoms with Crippen molar-refractivity contribution < 1.29 is 32.6 Å². The number of carbonyl (C=O) groups is 3. The van der Waals surface area contributed by atoms with E-state index in [0.717, 1.165) is 18.2 Å². The number of ketones is 1. The van der Waals surface area contributed by atoms with E-state index in [4.69, 9.17) is 9.47 Å². The van der Waals surface area contributed by atoms with Gasteiger partial charge in [0.2, 0.25) is 5.78 Å². The highest BCUT2D eigenvalue weighted by molar-refractivity contribution is 6.01. The minimum Gasteiger partial charge on any atom is -0.496 e. The molecular weight excluding hydrogens is 384 g/mol. The molecule has 0 aromatic heterocycles. The minimum atomic E-state index is -1.20. The molecule has 0 aliphatic rings. The van der Waals surface area contributed by atoms with E-state index in [1.807, 2.05) is 0 Å². The number of halogens is 2. The van der Waals surface area contributed by atoms with Gasteiger partial charge in [-0.1, -0.05) is 32.0 Å². The van der Waals surface area contributed by atoms with Crippen molar-refractivity contribution in [2.24, 2.45) is 5.92 Å². The third-order valence-corrected chi connectivity index (χ3v) is 4.15. The van der Waals surface area contributed by atoms with Crippen molar-refractivity contribution in [2.45, 2.75) is 19.9 Å². The molecule has 29 heavy (non-hydrogen) atoms. The molecule has 0 saturated heterocycles. The van der Waals surface area contributed by atoms with Gasteiger partial charge in [0, 0.05) is 0 Å². The molecule has 0 fully saturated rings. The summed E-state index contributed by atoms with van der Waals surface area (Å²) in [6.07, 6.45) is 0. The molecule has 1 atom stereocenters. The fourth-order valence-electron chi connectivity index (χ4n) is 2.61. The lowest BCUT2D eigenvalue weighted by Gasteiger charge is -2.21.